The fourth-order valence-corrected chi connectivity index (χ4v) is 3.05. The predicted molar refractivity (Wildman–Crippen MR) is 73.6 cm³/mol. The highest BCUT2D eigenvalue weighted by atomic mass is 19.2. The van der Waals surface area contributed by atoms with Gasteiger partial charge in [0.15, 0.2) is 11.6 Å². The molecule has 1 saturated heterocycles. The molecule has 0 aromatic heterocycles. The van der Waals surface area contributed by atoms with Gasteiger partial charge in [0.2, 0.25) is 0 Å². The van der Waals surface area contributed by atoms with Crippen LogP contribution in [0.25, 0.3) is 0 Å². The van der Waals surface area contributed by atoms with Gasteiger partial charge in [-0.2, -0.15) is 0 Å². The average Bonchev–Trinajstić information content (AvgIpc) is 3.19. The molecule has 1 aromatic rings. The Bertz CT molecular complexity index is 489. The van der Waals surface area contributed by atoms with E-state index >= 15 is 0 Å². The molecule has 0 radical (unpaired) electrons. The van der Waals surface area contributed by atoms with E-state index in [0.717, 1.165) is 13.0 Å². The Balaban J connectivity index is 1.80. The Kier molecular flexibility index (Phi) is 3.78. The summed E-state index contributed by atoms with van der Waals surface area (Å²) in [6, 6.07) is 5.04. The van der Waals surface area contributed by atoms with Crippen LogP contribution in [0.2, 0.25) is 0 Å². The Morgan fingerprint density at radius 1 is 1.35 bits per heavy atom. The second-order valence-corrected chi connectivity index (χ2v) is 6.17. The van der Waals surface area contributed by atoms with Crippen LogP contribution < -0.4 is 5.32 Å². The van der Waals surface area contributed by atoms with Crippen molar-refractivity contribution in [1.82, 2.24) is 5.32 Å². The monoisotopic (exact) mass is 281 g/mol. The van der Waals surface area contributed by atoms with Gasteiger partial charge in [0, 0.05) is 24.6 Å². The molecule has 1 heterocycles. The average molecular weight is 281 g/mol. The van der Waals surface area contributed by atoms with E-state index in [1.807, 2.05) is 6.92 Å². The molecule has 2 nitrogen and oxygen atoms in total. The van der Waals surface area contributed by atoms with Crippen molar-refractivity contribution in [3.05, 3.63) is 35.4 Å². The van der Waals surface area contributed by atoms with E-state index in [1.54, 1.807) is 12.1 Å². The first kappa shape index (κ1) is 14.0. The molecular formula is C16H21F2NO. The van der Waals surface area contributed by atoms with Crippen LogP contribution in [-0.2, 0) is 11.2 Å². The van der Waals surface area contributed by atoms with Gasteiger partial charge in [-0.1, -0.05) is 12.1 Å². The van der Waals surface area contributed by atoms with Crippen molar-refractivity contribution in [3.8, 4) is 0 Å². The van der Waals surface area contributed by atoms with Crippen LogP contribution in [0.3, 0.4) is 0 Å². The van der Waals surface area contributed by atoms with Gasteiger partial charge < -0.3 is 10.1 Å². The lowest BCUT2D eigenvalue weighted by Gasteiger charge is -2.33. The molecule has 20 heavy (non-hydrogen) atoms. The molecule has 1 saturated carbocycles. The summed E-state index contributed by atoms with van der Waals surface area (Å²) in [4.78, 5) is 0. The minimum Gasteiger partial charge on any atom is -0.378 e. The largest absolute Gasteiger partial charge is 0.378 e. The zero-order chi connectivity index (χ0) is 14.2. The van der Waals surface area contributed by atoms with Crippen LogP contribution in [0.5, 0.6) is 0 Å². The molecular weight excluding hydrogens is 260 g/mol. The highest BCUT2D eigenvalue weighted by Crippen LogP contribution is 2.39. The molecule has 2 unspecified atom stereocenters. The third-order valence-corrected chi connectivity index (χ3v) is 4.72. The van der Waals surface area contributed by atoms with Crippen molar-refractivity contribution in [3.63, 3.8) is 0 Å². The quantitative estimate of drug-likeness (QED) is 0.895. The number of rotatable bonds is 5. The first-order valence-corrected chi connectivity index (χ1v) is 7.39. The van der Waals surface area contributed by atoms with E-state index in [9.17, 15) is 8.78 Å². The van der Waals surface area contributed by atoms with Gasteiger partial charge in [0.25, 0.3) is 0 Å². The third kappa shape index (κ3) is 2.72. The van der Waals surface area contributed by atoms with Gasteiger partial charge in [-0.25, -0.2) is 8.78 Å². The molecule has 2 atom stereocenters. The summed E-state index contributed by atoms with van der Waals surface area (Å²) in [6.45, 7) is 3.55. The van der Waals surface area contributed by atoms with Crippen LogP contribution >= 0.6 is 0 Å². The van der Waals surface area contributed by atoms with Gasteiger partial charge in [-0.05, 0) is 44.2 Å². The Hall–Kier alpha value is -1.00. The Morgan fingerprint density at radius 3 is 2.80 bits per heavy atom. The van der Waals surface area contributed by atoms with E-state index in [4.69, 9.17) is 4.74 Å². The molecule has 0 bridgehead atoms. The van der Waals surface area contributed by atoms with E-state index in [2.05, 4.69) is 5.32 Å². The summed E-state index contributed by atoms with van der Waals surface area (Å²) in [7, 11) is 0. The fourth-order valence-electron chi connectivity index (χ4n) is 3.05. The summed E-state index contributed by atoms with van der Waals surface area (Å²) in [6.07, 6.45) is 3.93. The maximum atomic E-state index is 13.9. The van der Waals surface area contributed by atoms with E-state index in [0.29, 0.717) is 24.6 Å². The molecule has 3 rings (SSSR count). The van der Waals surface area contributed by atoms with Crippen molar-refractivity contribution >= 4 is 0 Å². The zero-order valence-electron chi connectivity index (χ0n) is 11.8. The highest BCUT2D eigenvalue weighted by Gasteiger charge is 2.42. The minimum absolute atomic E-state index is 0.0661. The Labute approximate surface area is 118 Å². The van der Waals surface area contributed by atoms with E-state index in [1.165, 1.54) is 18.9 Å². The van der Waals surface area contributed by atoms with Gasteiger partial charge >= 0.3 is 0 Å². The van der Waals surface area contributed by atoms with Crippen LogP contribution in [0.1, 0.15) is 31.7 Å². The lowest BCUT2D eigenvalue weighted by atomic mass is 9.76. The summed E-state index contributed by atoms with van der Waals surface area (Å²) >= 11 is 0. The molecule has 0 amide bonds. The van der Waals surface area contributed by atoms with Crippen LogP contribution in [0.4, 0.5) is 8.78 Å². The zero-order valence-corrected chi connectivity index (χ0v) is 11.8. The number of halogens is 2. The normalized spacial score (nSPS) is 29.9. The van der Waals surface area contributed by atoms with Crippen molar-refractivity contribution < 1.29 is 13.5 Å². The summed E-state index contributed by atoms with van der Waals surface area (Å²) in [5, 5.41) is 3.53. The smallest absolute Gasteiger partial charge is 0.162 e. The van der Waals surface area contributed by atoms with E-state index in [-0.39, 0.29) is 11.5 Å². The third-order valence-electron chi connectivity index (χ3n) is 4.72. The number of hydrogen-bond acceptors (Lipinski definition) is 2. The standard InChI is InChI=1S/C16H21F2NO/c1-11-16(7-8-20-11,10-19-13-5-6-13)9-12-3-2-4-14(17)15(12)18/h2-4,11,13,19H,5-10H2,1H3. The number of nitrogens with one attached hydrogen (secondary N) is 1. The second kappa shape index (κ2) is 5.41. The maximum Gasteiger partial charge on any atom is 0.162 e. The highest BCUT2D eigenvalue weighted by molar-refractivity contribution is 5.21. The first-order valence-electron chi connectivity index (χ1n) is 7.39. The SMILES string of the molecule is CC1OCCC1(CNC1CC1)Cc1cccc(F)c1F. The minimum atomic E-state index is -0.764. The molecule has 2 fully saturated rings. The molecule has 1 aromatic carbocycles. The Morgan fingerprint density at radius 2 is 2.15 bits per heavy atom. The summed E-state index contributed by atoms with van der Waals surface area (Å²) in [5.41, 5.74) is 0.331. The van der Waals surface area contributed by atoms with Crippen molar-refractivity contribution in [2.24, 2.45) is 5.41 Å². The molecule has 1 N–H and O–H groups in total. The summed E-state index contributed by atoms with van der Waals surface area (Å²) in [5.74, 6) is -1.48. The topological polar surface area (TPSA) is 21.3 Å². The number of benzene rings is 1. The first-order chi connectivity index (χ1) is 9.61. The molecule has 1 aliphatic carbocycles. The van der Waals surface area contributed by atoms with Crippen LogP contribution in [-0.4, -0.2) is 25.3 Å². The van der Waals surface area contributed by atoms with Crippen molar-refractivity contribution in [2.75, 3.05) is 13.2 Å². The van der Waals surface area contributed by atoms with Gasteiger partial charge in [-0.15, -0.1) is 0 Å². The molecule has 0 spiro atoms. The van der Waals surface area contributed by atoms with E-state index < -0.39 is 11.6 Å². The van der Waals surface area contributed by atoms with Crippen LogP contribution in [0.15, 0.2) is 18.2 Å². The second-order valence-electron chi connectivity index (χ2n) is 6.17. The molecule has 4 heteroatoms. The lowest BCUT2D eigenvalue weighted by molar-refractivity contribution is 0.0623. The molecule has 1 aliphatic heterocycles. The van der Waals surface area contributed by atoms with Gasteiger partial charge in [0.05, 0.1) is 6.10 Å². The summed E-state index contributed by atoms with van der Waals surface area (Å²) < 4.78 is 33.0. The van der Waals surface area contributed by atoms with Crippen LogP contribution in [0, 0.1) is 17.0 Å². The molecule has 2 aliphatic rings. The van der Waals surface area contributed by atoms with Gasteiger partial charge in [-0.3, -0.25) is 0 Å². The van der Waals surface area contributed by atoms with Crippen molar-refractivity contribution in [2.45, 2.75) is 44.8 Å². The molecule has 110 valence electrons. The lowest BCUT2D eigenvalue weighted by Crippen LogP contribution is -2.42. The number of hydrogen-bond donors (Lipinski definition) is 1. The maximum absolute atomic E-state index is 13.9. The number of ether oxygens (including phenoxy) is 1. The predicted octanol–water partition coefficient (Wildman–Crippen LogP) is 3.05. The fraction of sp³-hybridized carbons (Fsp3) is 0.625. The van der Waals surface area contributed by atoms with Crippen molar-refractivity contribution in [1.29, 1.82) is 0 Å². The van der Waals surface area contributed by atoms with Gasteiger partial charge in [0.1, 0.15) is 0 Å².